The quantitative estimate of drug-likeness (QED) is 0.386. The van der Waals surface area contributed by atoms with Crippen LogP contribution in [0, 0.1) is 11.3 Å². The van der Waals surface area contributed by atoms with Gasteiger partial charge in [-0.1, -0.05) is 55.1 Å². The number of carbonyl (C=O) groups excluding carboxylic acids is 1. The molecular weight excluding hydrogens is 254 g/mol. The van der Waals surface area contributed by atoms with Crippen molar-refractivity contribution in [3.8, 4) is 6.07 Å². The summed E-state index contributed by atoms with van der Waals surface area (Å²) in [5.41, 5.74) is 1.14. The third kappa shape index (κ3) is 10.5. The number of carbonyl (C=O) groups is 1. The fraction of sp³-hybridized carbons (Fsp3) is 0.125. The Morgan fingerprint density at radius 1 is 1.35 bits per heavy atom. The van der Waals surface area contributed by atoms with Gasteiger partial charge in [0, 0.05) is 12.2 Å². The minimum atomic E-state index is -0.501. The van der Waals surface area contributed by atoms with E-state index in [0.29, 0.717) is 0 Å². The monoisotopic (exact) mass is 271 g/mol. The summed E-state index contributed by atoms with van der Waals surface area (Å²) in [6, 6.07) is 11.9. The normalized spacial score (nSPS) is 9.60. The van der Waals surface area contributed by atoms with Gasteiger partial charge in [-0.2, -0.15) is 5.26 Å². The SMILES string of the molecule is C=CC(=O)OCCO.N#CC=CC=Cc1ccccc1. The van der Waals surface area contributed by atoms with Crippen molar-refractivity contribution in [3.63, 3.8) is 0 Å². The van der Waals surface area contributed by atoms with Crippen molar-refractivity contribution in [3.05, 3.63) is 66.8 Å². The van der Waals surface area contributed by atoms with Crippen LogP contribution < -0.4 is 0 Å². The lowest BCUT2D eigenvalue weighted by molar-refractivity contribution is -0.138. The molecule has 0 bridgehead atoms. The molecular formula is C16H17NO3. The van der Waals surface area contributed by atoms with Crippen LogP contribution in [0.3, 0.4) is 0 Å². The van der Waals surface area contributed by atoms with Gasteiger partial charge < -0.3 is 9.84 Å². The Morgan fingerprint density at radius 3 is 2.60 bits per heavy atom. The Labute approximate surface area is 118 Å². The van der Waals surface area contributed by atoms with Crippen molar-refractivity contribution in [2.75, 3.05) is 13.2 Å². The Morgan fingerprint density at radius 2 is 2.05 bits per heavy atom. The number of allylic oxidation sites excluding steroid dienone is 3. The van der Waals surface area contributed by atoms with Crippen LogP contribution in [0.25, 0.3) is 6.08 Å². The zero-order chi connectivity index (χ0) is 15.1. The first-order valence-corrected chi connectivity index (χ1v) is 5.92. The highest BCUT2D eigenvalue weighted by Gasteiger charge is 1.90. The second-order valence-corrected chi connectivity index (χ2v) is 3.35. The van der Waals surface area contributed by atoms with Gasteiger partial charge in [0.25, 0.3) is 0 Å². The first kappa shape index (κ1) is 17.4. The van der Waals surface area contributed by atoms with E-state index in [9.17, 15) is 4.79 Å². The van der Waals surface area contributed by atoms with E-state index in [1.165, 1.54) is 6.08 Å². The molecule has 0 amide bonds. The predicted octanol–water partition coefficient (Wildman–Crippen LogP) is 2.49. The van der Waals surface area contributed by atoms with Crippen molar-refractivity contribution in [2.24, 2.45) is 0 Å². The molecule has 0 radical (unpaired) electrons. The molecule has 4 nitrogen and oxygen atoms in total. The molecule has 0 fully saturated rings. The number of ether oxygens (including phenoxy) is 1. The van der Waals surface area contributed by atoms with Crippen molar-refractivity contribution in [1.29, 1.82) is 5.26 Å². The van der Waals surface area contributed by atoms with E-state index in [2.05, 4.69) is 11.3 Å². The highest BCUT2D eigenvalue weighted by Crippen LogP contribution is 2.00. The molecule has 0 aliphatic carbocycles. The predicted molar refractivity (Wildman–Crippen MR) is 78.5 cm³/mol. The number of aliphatic hydroxyl groups excluding tert-OH is 1. The fourth-order valence-corrected chi connectivity index (χ4v) is 1.03. The molecule has 1 N–H and O–H groups in total. The fourth-order valence-electron chi connectivity index (χ4n) is 1.03. The van der Waals surface area contributed by atoms with Gasteiger partial charge in [0.05, 0.1) is 12.7 Å². The molecule has 0 heterocycles. The van der Waals surface area contributed by atoms with Gasteiger partial charge in [-0.15, -0.1) is 0 Å². The van der Waals surface area contributed by atoms with E-state index in [1.807, 2.05) is 48.6 Å². The van der Waals surface area contributed by atoms with Crippen LogP contribution in [0.5, 0.6) is 0 Å². The second kappa shape index (κ2) is 12.8. The summed E-state index contributed by atoms with van der Waals surface area (Å²) in [4.78, 5) is 10.1. The van der Waals surface area contributed by atoms with Gasteiger partial charge in [-0.3, -0.25) is 0 Å². The molecule has 0 saturated carbocycles. The van der Waals surface area contributed by atoms with Crippen molar-refractivity contribution in [1.82, 2.24) is 0 Å². The largest absolute Gasteiger partial charge is 0.460 e. The van der Waals surface area contributed by atoms with Crippen LogP contribution in [0.15, 0.2) is 61.2 Å². The lowest BCUT2D eigenvalue weighted by Crippen LogP contribution is -2.04. The van der Waals surface area contributed by atoms with Crippen LogP contribution in [0.1, 0.15) is 5.56 Å². The summed E-state index contributed by atoms with van der Waals surface area (Å²) >= 11 is 0. The average molecular weight is 271 g/mol. The lowest BCUT2D eigenvalue weighted by atomic mass is 10.2. The number of rotatable bonds is 5. The smallest absolute Gasteiger partial charge is 0.330 e. The minimum absolute atomic E-state index is 0.0465. The first-order chi connectivity index (χ1) is 9.74. The maximum absolute atomic E-state index is 10.1. The number of esters is 1. The highest BCUT2D eigenvalue weighted by molar-refractivity contribution is 5.81. The van der Waals surface area contributed by atoms with Crippen molar-refractivity contribution < 1.29 is 14.6 Å². The number of hydrogen-bond donors (Lipinski definition) is 1. The zero-order valence-corrected chi connectivity index (χ0v) is 11.1. The van der Waals surface area contributed by atoms with E-state index >= 15 is 0 Å². The van der Waals surface area contributed by atoms with Gasteiger partial charge in [0.2, 0.25) is 0 Å². The van der Waals surface area contributed by atoms with Gasteiger partial charge in [-0.05, 0) is 5.56 Å². The number of aliphatic hydroxyl groups is 1. The summed E-state index contributed by atoms with van der Waals surface area (Å²) in [7, 11) is 0. The Kier molecular flexibility index (Phi) is 11.1. The lowest BCUT2D eigenvalue weighted by Gasteiger charge is -1.94. The maximum atomic E-state index is 10.1. The van der Waals surface area contributed by atoms with Crippen LogP contribution in [-0.2, 0) is 9.53 Å². The van der Waals surface area contributed by atoms with Crippen LogP contribution >= 0.6 is 0 Å². The molecule has 1 rings (SSSR count). The van der Waals surface area contributed by atoms with E-state index in [4.69, 9.17) is 10.4 Å². The van der Waals surface area contributed by atoms with Gasteiger partial charge in [0.15, 0.2) is 0 Å². The van der Waals surface area contributed by atoms with Crippen molar-refractivity contribution in [2.45, 2.75) is 0 Å². The molecule has 4 heteroatoms. The molecule has 0 aromatic heterocycles. The minimum Gasteiger partial charge on any atom is -0.460 e. The molecule has 20 heavy (non-hydrogen) atoms. The molecule has 0 atom stereocenters. The summed E-state index contributed by atoms with van der Waals surface area (Å²) in [5.74, 6) is -0.501. The molecule has 0 aliphatic heterocycles. The molecule has 0 unspecified atom stereocenters. The Balaban J connectivity index is 0.000000396. The molecule has 0 saturated heterocycles. The Bertz CT molecular complexity index is 484. The molecule has 0 spiro atoms. The number of nitrogens with zero attached hydrogens (tertiary/aromatic N) is 1. The van der Waals surface area contributed by atoms with E-state index < -0.39 is 5.97 Å². The van der Waals surface area contributed by atoms with E-state index in [1.54, 1.807) is 6.08 Å². The van der Waals surface area contributed by atoms with Gasteiger partial charge in [-0.25, -0.2) is 4.79 Å². The topological polar surface area (TPSA) is 70.3 Å². The highest BCUT2D eigenvalue weighted by atomic mass is 16.5. The average Bonchev–Trinajstić information content (AvgIpc) is 2.51. The molecule has 0 aliphatic rings. The molecule has 1 aromatic carbocycles. The zero-order valence-electron chi connectivity index (χ0n) is 11.1. The van der Waals surface area contributed by atoms with Crippen molar-refractivity contribution >= 4 is 12.0 Å². The standard InChI is InChI=1S/C11H9N.C5H8O3/c12-10-6-2-5-9-11-7-3-1-4-8-11;1-2-5(7)8-4-3-6/h1-9H;2,6H,1,3-4H2. The van der Waals surface area contributed by atoms with Crippen LogP contribution in [0.4, 0.5) is 0 Å². The van der Waals surface area contributed by atoms with Gasteiger partial charge >= 0.3 is 5.97 Å². The van der Waals surface area contributed by atoms with Crippen LogP contribution in [0.2, 0.25) is 0 Å². The summed E-state index contributed by atoms with van der Waals surface area (Å²) in [6.07, 6.45) is 8.01. The third-order valence-electron chi connectivity index (χ3n) is 1.87. The van der Waals surface area contributed by atoms with Gasteiger partial charge in [0.1, 0.15) is 6.61 Å². The second-order valence-electron chi connectivity index (χ2n) is 3.35. The Hall–Kier alpha value is -2.64. The molecule has 1 aromatic rings. The third-order valence-corrected chi connectivity index (χ3v) is 1.87. The summed E-state index contributed by atoms with van der Waals surface area (Å²) in [5, 5.41) is 16.3. The summed E-state index contributed by atoms with van der Waals surface area (Å²) < 4.78 is 4.33. The molecule has 104 valence electrons. The number of benzene rings is 1. The number of hydrogen-bond acceptors (Lipinski definition) is 4. The van der Waals surface area contributed by atoms with E-state index in [-0.39, 0.29) is 13.2 Å². The first-order valence-electron chi connectivity index (χ1n) is 5.92. The summed E-state index contributed by atoms with van der Waals surface area (Å²) in [6.45, 7) is 3.06. The maximum Gasteiger partial charge on any atom is 0.330 e. The van der Waals surface area contributed by atoms with Crippen LogP contribution in [-0.4, -0.2) is 24.3 Å². The number of nitriles is 1. The van der Waals surface area contributed by atoms with E-state index in [0.717, 1.165) is 11.6 Å².